The van der Waals surface area contributed by atoms with Gasteiger partial charge in [-0.3, -0.25) is 10.1 Å². The quantitative estimate of drug-likeness (QED) is 0.535. The number of nitro benzene ring substituents is 1. The van der Waals surface area contributed by atoms with E-state index < -0.39 is 0 Å². The van der Waals surface area contributed by atoms with E-state index in [4.69, 9.17) is 0 Å². The lowest BCUT2D eigenvalue weighted by molar-refractivity contribution is -0.384. The Balaban J connectivity index is 1.96. The van der Waals surface area contributed by atoms with Crippen molar-refractivity contribution in [2.24, 2.45) is 0 Å². The maximum Gasteiger partial charge on any atom is 0.269 e. The van der Waals surface area contributed by atoms with Crippen LogP contribution in [0.4, 0.5) is 5.69 Å². The molecule has 0 radical (unpaired) electrons. The van der Waals surface area contributed by atoms with E-state index in [0.717, 1.165) is 12.0 Å². The second-order valence-corrected chi connectivity index (χ2v) is 4.87. The second-order valence-electron chi connectivity index (χ2n) is 4.87. The summed E-state index contributed by atoms with van der Waals surface area (Å²) in [5.41, 5.74) is 4.82. The summed E-state index contributed by atoms with van der Waals surface area (Å²) in [5.74, 6) is 0. The molecule has 0 unspecified atom stereocenters. The summed E-state index contributed by atoms with van der Waals surface area (Å²) in [6.45, 7) is 2.09. The van der Waals surface area contributed by atoms with Crippen molar-refractivity contribution < 1.29 is 4.92 Å². The lowest BCUT2D eigenvalue weighted by Crippen LogP contribution is -1.96. The molecule has 20 heavy (non-hydrogen) atoms. The minimum absolute atomic E-state index is 0.130. The van der Waals surface area contributed by atoms with Gasteiger partial charge in [-0.2, -0.15) is 0 Å². The van der Waals surface area contributed by atoms with Gasteiger partial charge in [0.15, 0.2) is 0 Å². The van der Waals surface area contributed by atoms with Gasteiger partial charge in [0, 0.05) is 36.0 Å². The van der Waals surface area contributed by atoms with Crippen molar-refractivity contribution in [3.8, 4) is 0 Å². The Bertz CT molecular complexity index is 773. The first-order valence-electron chi connectivity index (χ1n) is 6.44. The largest absolute Gasteiger partial charge is 0.320 e. The average Bonchev–Trinajstić information content (AvgIpc) is 2.76. The topological polar surface area (TPSA) is 47.5 Å². The standard InChI is InChI=1S/C16H14N2O2/c1-12-10-15-4-2-3-9-17(15)16(12)11-13-5-7-14(8-6-13)18(19)20/h2-10H,11H2,1H3. The first kappa shape index (κ1) is 12.4. The third-order valence-corrected chi connectivity index (χ3v) is 3.52. The van der Waals surface area contributed by atoms with Crippen LogP contribution in [-0.4, -0.2) is 9.32 Å². The number of nitro groups is 1. The summed E-state index contributed by atoms with van der Waals surface area (Å²) in [5, 5.41) is 10.7. The number of fused-ring (bicyclic) bond motifs is 1. The molecule has 0 saturated heterocycles. The Morgan fingerprint density at radius 2 is 1.90 bits per heavy atom. The fourth-order valence-electron chi connectivity index (χ4n) is 2.47. The number of hydrogen-bond donors (Lipinski definition) is 0. The Kier molecular flexibility index (Phi) is 2.99. The smallest absolute Gasteiger partial charge is 0.269 e. The van der Waals surface area contributed by atoms with Crippen LogP contribution in [0.5, 0.6) is 0 Å². The van der Waals surface area contributed by atoms with Gasteiger partial charge < -0.3 is 4.40 Å². The molecule has 0 aliphatic carbocycles. The predicted molar refractivity (Wildman–Crippen MR) is 78.0 cm³/mol. The Hall–Kier alpha value is -2.62. The highest BCUT2D eigenvalue weighted by Crippen LogP contribution is 2.20. The molecule has 0 spiro atoms. The van der Waals surface area contributed by atoms with Gasteiger partial charge in [-0.25, -0.2) is 0 Å². The van der Waals surface area contributed by atoms with Crippen LogP contribution in [0.3, 0.4) is 0 Å². The van der Waals surface area contributed by atoms with Crippen LogP contribution in [0, 0.1) is 17.0 Å². The number of benzene rings is 1. The number of nitrogens with zero attached hydrogens (tertiary/aromatic N) is 2. The van der Waals surface area contributed by atoms with E-state index in [0.29, 0.717) is 0 Å². The van der Waals surface area contributed by atoms with E-state index in [1.165, 1.54) is 16.8 Å². The SMILES string of the molecule is Cc1cc2ccccn2c1Cc1ccc([N+](=O)[O-])cc1. The third kappa shape index (κ3) is 2.16. The predicted octanol–water partition coefficient (Wildman–Crippen LogP) is 3.75. The first-order chi connectivity index (χ1) is 9.65. The van der Waals surface area contributed by atoms with E-state index in [2.05, 4.69) is 23.5 Å². The molecule has 0 aliphatic rings. The van der Waals surface area contributed by atoms with Crippen LogP contribution < -0.4 is 0 Å². The number of non-ortho nitro benzene ring substituents is 1. The highest BCUT2D eigenvalue weighted by Gasteiger charge is 2.09. The summed E-state index contributed by atoms with van der Waals surface area (Å²) >= 11 is 0. The number of aromatic nitrogens is 1. The molecule has 0 atom stereocenters. The van der Waals surface area contributed by atoms with Gasteiger partial charge in [-0.1, -0.05) is 18.2 Å². The molecule has 0 amide bonds. The molecular formula is C16H14N2O2. The van der Waals surface area contributed by atoms with Crippen LogP contribution in [0.25, 0.3) is 5.52 Å². The van der Waals surface area contributed by atoms with Crippen molar-refractivity contribution >= 4 is 11.2 Å². The van der Waals surface area contributed by atoms with Gasteiger partial charge in [0.1, 0.15) is 0 Å². The molecular weight excluding hydrogens is 252 g/mol. The molecule has 1 aromatic carbocycles. The molecule has 4 heteroatoms. The minimum Gasteiger partial charge on any atom is -0.320 e. The molecule has 3 rings (SSSR count). The highest BCUT2D eigenvalue weighted by molar-refractivity contribution is 5.54. The molecule has 100 valence electrons. The molecule has 0 aliphatic heterocycles. The van der Waals surface area contributed by atoms with Crippen LogP contribution in [0.15, 0.2) is 54.7 Å². The lowest BCUT2D eigenvalue weighted by Gasteiger charge is -2.05. The Morgan fingerprint density at radius 1 is 1.15 bits per heavy atom. The van der Waals surface area contributed by atoms with Crippen LogP contribution >= 0.6 is 0 Å². The zero-order chi connectivity index (χ0) is 14.1. The number of rotatable bonds is 3. The van der Waals surface area contributed by atoms with Gasteiger partial charge in [0.25, 0.3) is 5.69 Å². The van der Waals surface area contributed by atoms with Crippen molar-refractivity contribution in [2.75, 3.05) is 0 Å². The van der Waals surface area contributed by atoms with Gasteiger partial charge >= 0.3 is 0 Å². The van der Waals surface area contributed by atoms with Crippen LogP contribution in [0.1, 0.15) is 16.8 Å². The average molecular weight is 266 g/mol. The molecule has 0 bridgehead atoms. The molecule has 2 aromatic heterocycles. The lowest BCUT2D eigenvalue weighted by atomic mass is 10.1. The van der Waals surface area contributed by atoms with Crippen molar-refractivity contribution in [3.63, 3.8) is 0 Å². The van der Waals surface area contributed by atoms with Crippen molar-refractivity contribution in [1.82, 2.24) is 4.40 Å². The summed E-state index contributed by atoms with van der Waals surface area (Å²) in [6.07, 6.45) is 2.81. The summed E-state index contributed by atoms with van der Waals surface area (Å²) in [7, 11) is 0. The van der Waals surface area contributed by atoms with E-state index >= 15 is 0 Å². The molecule has 0 N–H and O–H groups in total. The molecule has 0 saturated carbocycles. The molecule has 4 nitrogen and oxygen atoms in total. The maximum atomic E-state index is 10.7. The van der Waals surface area contributed by atoms with Crippen molar-refractivity contribution in [2.45, 2.75) is 13.3 Å². The fraction of sp³-hybridized carbons (Fsp3) is 0.125. The third-order valence-electron chi connectivity index (χ3n) is 3.52. The summed E-state index contributed by atoms with van der Waals surface area (Å²) in [6, 6.07) is 15.0. The van der Waals surface area contributed by atoms with E-state index in [1.54, 1.807) is 12.1 Å². The minimum atomic E-state index is -0.373. The Morgan fingerprint density at radius 3 is 2.60 bits per heavy atom. The normalized spacial score (nSPS) is 10.8. The van der Waals surface area contributed by atoms with Gasteiger partial charge in [0.2, 0.25) is 0 Å². The number of pyridine rings is 1. The Labute approximate surface area is 116 Å². The fourth-order valence-corrected chi connectivity index (χ4v) is 2.47. The number of aryl methyl sites for hydroxylation is 1. The highest BCUT2D eigenvalue weighted by atomic mass is 16.6. The second kappa shape index (κ2) is 4.81. The van der Waals surface area contributed by atoms with Crippen LogP contribution in [-0.2, 0) is 6.42 Å². The van der Waals surface area contributed by atoms with Crippen LogP contribution in [0.2, 0.25) is 0 Å². The molecule has 2 heterocycles. The molecule has 0 fully saturated rings. The van der Waals surface area contributed by atoms with Gasteiger partial charge in [0.05, 0.1) is 4.92 Å². The van der Waals surface area contributed by atoms with Gasteiger partial charge in [-0.15, -0.1) is 0 Å². The van der Waals surface area contributed by atoms with E-state index in [-0.39, 0.29) is 10.6 Å². The first-order valence-corrected chi connectivity index (χ1v) is 6.44. The maximum absolute atomic E-state index is 10.7. The molecule has 3 aromatic rings. The zero-order valence-corrected chi connectivity index (χ0v) is 11.1. The van der Waals surface area contributed by atoms with Gasteiger partial charge in [-0.05, 0) is 36.2 Å². The monoisotopic (exact) mass is 266 g/mol. The number of hydrogen-bond acceptors (Lipinski definition) is 2. The van der Waals surface area contributed by atoms with E-state index in [1.807, 2.05) is 30.5 Å². The summed E-state index contributed by atoms with van der Waals surface area (Å²) in [4.78, 5) is 10.3. The summed E-state index contributed by atoms with van der Waals surface area (Å²) < 4.78 is 2.16. The zero-order valence-electron chi connectivity index (χ0n) is 11.1. The van der Waals surface area contributed by atoms with E-state index in [9.17, 15) is 10.1 Å². The van der Waals surface area contributed by atoms with Crippen molar-refractivity contribution in [3.05, 3.63) is 81.7 Å². The van der Waals surface area contributed by atoms with Crippen molar-refractivity contribution in [1.29, 1.82) is 0 Å².